The van der Waals surface area contributed by atoms with Gasteiger partial charge in [-0.05, 0) is 93.9 Å². The molecule has 492 valence electrons. The zero-order chi connectivity index (χ0) is 63.7. The first-order chi connectivity index (χ1) is 46.3. The summed E-state index contributed by atoms with van der Waals surface area (Å²) in [6.07, 6.45) is 35.2. The summed E-state index contributed by atoms with van der Waals surface area (Å²) < 4.78 is 0. The van der Waals surface area contributed by atoms with E-state index >= 15 is 0 Å². The van der Waals surface area contributed by atoms with E-state index in [4.69, 9.17) is 0 Å². The molecule has 0 spiro atoms. The largest absolute Gasteiger partial charge is 2.00 e. The van der Waals surface area contributed by atoms with Gasteiger partial charge >= 0.3 is 81.7 Å². The number of hydrogen-bond donors (Lipinski definition) is 0. The maximum Gasteiger partial charge on any atom is 2.00 e. The summed E-state index contributed by atoms with van der Waals surface area (Å²) in [5.41, 5.74) is 19.2. The summed E-state index contributed by atoms with van der Waals surface area (Å²) in [6, 6.07) is 49.4. The molecule has 0 aliphatic carbocycles. The van der Waals surface area contributed by atoms with Crippen LogP contribution >= 0.6 is 0 Å². The average molecular weight is 1650 g/mol. The van der Waals surface area contributed by atoms with Gasteiger partial charge in [-0.15, -0.1) is 136 Å². The Balaban J connectivity index is 0.000000151. The molecule has 0 radical (unpaired) electrons. The van der Waals surface area contributed by atoms with Gasteiger partial charge < -0.3 is 50.3 Å². The van der Waals surface area contributed by atoms with Gasteiger partial charge in [-0.1, -0.05) is 66.9 Å². The van der Waals surface area contributed by atoms with Crippen LogP contribution in [0.15, 0.2) is 228 Å². The van der Waals surface area contributed by atoms with Gasteiger partial charge in [0.1, 0.15) is 5.82 Å². The van der Waals surface area contributed by atoms with E-state index in [1.807, 2.05) is 148 Å². The molecule has 0 atom stereocenters. The predicted molar refractivity (Wildman–Crippen MR) is 357 cm³/mol. The second-order valence-corrected chi connectivity index (χ2v) is 21.7. The first-order valence-electron chi connectivity index (χ1n) is 30.4. The van der Waals surface area contributed by atoms with Crippen LogP contribution in [-0.2, 0) is 107 Å². The Hall–Kier alpha value is -9.67. The van der Waals surface area contributed by atoms with Crippen LogP contribution in [0.3, 0.4) is 0 Å². The van der Waals surface area contributed by atoms with Crippen molar-refractivity contribution in [1.82, 2.24) is 80.2 Å². The van der Waals surface area contributed by atoms with Crippen molar-refractivity contribution in [2.75, 3.05) is 0 Å². The fraction of sp³-hybridized carbons (Fsp3) is 0.135. The van der Waals surface area contributed by atoms with E-state index in [9.17, 15) is 0 Å². The van der Waals surface area contributed by atoms with Gasteiger partial charge in [-0.25, -0.2) is 45.6 Å². The Labute approximate surface area is 621 Å². The molecule has 4 aliphatic rings. The van der Waals surface area contributed by atoms with Gasteiger partial charge in [-0.3, -0.25) is 9.98 Å². The third kappa shape index (κ3) is 19.8. The van der Waals surface area contributed by atoms with E-state index in [1.165, 1.54) is 0 Å². The Kier molecular flexibility index (Phi) is 26.7. The molecule has 8 aromatic heterocycles. The molecule has 4 aliphatic heterocycles. The van der Waals surface area contributed by atoms with E-state index in [2.05, 4.69) is 137 Å². The van der Waals surface area contributed by atoms with Crippen LogP contribution in [0.4, 0.5) is 0 Å². The number of rotatable bonds is 16. The van der Waals surface area contributed by atoms with Gasteiger partial charge in [-0.2, -0.15) is 11.1 Å². The SMILES string of the molecule is Cc1cc(-c2[c-]c(Cc3ccnc(C4=NC=CC4)n3)ccc2)[n-]n1.Cc1cc(-c2nccc(Cc3[c-]c(C4=NC=CC4)ccc3)n2)[n-]n1.[Pd+2].[Pd+2].[Pd+2].[Pd+2].[c-]1c(Cc2ccnc(-c3ncc[n-]3)n2)cccc1C1=NC=CC1.[c-]1c(Cc2ccnc(C3=NC=CC3)n2)cccc1-c1ncc[n-]1. The molecule has 0 fully saturated rings. The van der Waals surface area contributed by atoms with E-state index in [-0.39, 0.29) is 81.7 Å². The topological polar surface area (TPSA) is 261 Å². The average Bonchev–Trinajstić information content (AvgIpc) is 1.54. The van der Waals surface area contributed by atoms with Gasteiger partial charge in [0, 0.05) is 96.6 Å². The Morgan fingerprint density at radius 1 is 0.347 bits per heavy atom. The number of aromatic nitrogens is 16. The van der Waals surface area contributed by atoms with Crippen LogP contribution in [-0.4, -0.2) is 82.9 Å². The number of nitrogens with zero attached hydrogens (tertiary/aromatic N) is 20. The third-order valence-corrected chi connectivity index (χ3v) is 14.7. The molecule has 98 heavy (non-hydrogen) atoms. The van der Waals surface area contributed by atoms with Gasteiger partial charge in [0.25, 0.3) is 0 Å². The number of hydrogen-bond acceptors (Lipinski definition) is 16. The Morgan fingerprint density at radius 2 is 0.704 bits per heavy atom. The number of aryl methyl sites for hydroxylation is 2. The quantitative estimate of drug-likeness (QED) is 0.0643. The molecular formula is C74H56N20Pd4. The van der Waals surface area contributed by atoms with E-state index in [0.29, 0.717) is 66.3 Å². The molecule has 0 amide bonds. The van der Waals surface area contributed by atoms with Crippen molar-refractivity contribution >= 4 is 22.8 Å². The van der Waals surface area contributed by atoms with Gasteiger partial charge in [0.15, 0.2) is 17.5 Å². The molecule has 0 saturated heterocycles. The minimum absolute atomic E-state index is 0. The van der Waals surface area contributed by atoms with Gasteiger partial charge in [0.05, 0.1) is 11.4 Å². The molecule has 0 unspecified atom stereocenters. The number of aliphatic imine (C=N–C) groups is 4. The van der Waals surface area contributed by atoms with Crippen LogP contribution in [0.25, 0.3) is 45.8 Å². The first kappa shape index (κ1) is 72.6. The summed E-state index contributed by atoms with van der Waals surface area (Å²) in [7, 11) is 0. The van der Waals surface area contributed by atoms with Crippen molar-refractivity contribution in [3.8, 4) is 45.8 Å². The molecule has 4 aromatic carbocycles. The maximum absolute atomic E-state index is 4.63. The van der Waals surface area contributed by atoms with Crippen molar-refractivity contribution in [2.24, 2.45) is 20.0 Å². The van der Waals surface area contributed by atoms with E-state index in [0.717, 1.165) is 133 Å². The standard InChI is InChI=1S/2C19H15N5.2C18H13N5.4Pd/c1-13-10-18(24-23-13)15-5-2-4-14(11-15)12-16-7-9-21-19(22-16)17-6-3-8-20-17;1-13-10-18(24-23-13)19-21-9-7-16(22-19)12-14-4-2-5-15(11-14)17-6-3-8-20-17;1-3-13(11-14(4-1)17-21-9-10-22-17)12-15-6-8-20-18(23-15)16-5-2-7-19-16;1-3-13(11-14(4-1)16-5-2-7-19-16)12-15-6-8-20-18(23-15)17-21-9-10-22-17;;;;/h2*2-5,7-10H,6,12H2,1H3;2*1-4,6-10H,5,12H2;;;;/q4*-2;4*+2. The fourth-order valence-electron chi connectivity index (χ4n) is 10.2. The zero-order valence-corrected chi connectivity index (χ0v) is 58.7. The van der Waals surface area contributed by atoms with Crippen LogP contribution in [0.5, 0.6) is 0 Å². The van der Waals surface area contributed by atoms with Crippen molar-refractivity contribution < 1.29 is 81.7 Å². The minimum atomic E-state index is 0. The summed E-state index contributed by atoms with van der Waals surface area (Å²) in [5, 5.41) is 16.3. The Morgan fingerprint density at radius 3 is 1.11 bits per heavy atom. The van der Waals surface area contributed by atoms with Crippen molar-refractivity contribution in [2.45, 2.75) is 65.2 Å². The fourth-order valence-corrected chi connectivity index (χ4v) is 10.2. The third-order valence-electron chi connectivity index (χ3n) is 14.7. The van der Waals surface area contributed by atoms with Crippen LogP contribution < -0.4 is 20.2 Å². The minimum Gasteiger partial charge on any atom is -0.619 e. The second-order valence-electron chi connectivity index (χ2n) is 21.7. The zero-order valence-electron chi connectivity index (χ0n) is 52.5. The van der Waals surface area contributed by atoms with Crippen LogP contribution in [0, 0.1) is 38.1 Å². The molecule has 20 nitrogen and oxygen atoms in total. The molecular weight excluding hydrogens is 1590 g/mol. The Bertz CT molecular complexity index is 4570. The number of benzene rings is 4. The van der Waals surface area contributed by atoms with Crippen LogP contribution in [0.2, 0.25) is 0 Å². The second kappa shape index (κ2) is 36.1. The summed E-state index contributed by atoms with van der Waals surface area (Å²) >= 11 is 0. The molecule has 12 heterocycles. The summed E-state index contributed by atoms with van der Waals surface area (Å²) in [6.45, 7) is 3.84. The molecule has 0 saturated carbocycles. The van der Waals surface area contributed by atoms with Crippen LogP contribution in [0.1, 0.15) is 105 Å². The summed E-state index contributed by atoms with van der Waals surface area (Å²) in [5.74, 6) is 3.80. The first-order valence-corrected chi connectivity index (χ1v) is 30.4. The molecule has 24 heteroatoms. The smallest absolute Gasteiger partial charge is 0.619 e. The molecule has 16 rings (SSSR count). The molecule has 0 bridgehead atoms. The van der Waals surface area contributed by atoms with E-state index < -0.39 is 0 Å². The van der Waals surface area contributed by atoms with E-state index in [1.54, 1.807) is 62.0 Å². The van der Waals surface area contributed by atoms with Gasteiger partial charge in [0.2, 0.25) is 0 Å². The summed E-state index contributed by atoms with van der Waals surface area (Å²) in [4.78, 5) is 69.5. The predicted octanol–water partition coefficient (Wildman–Crippen LogP) is 11.0. The maximum atomic E-state index is 4.63. The molecule has 12 aromatic rings. The van der Waals surface area contributed by atoms with Crippen molar-refractivity contribution in [3.05, 3.63) is 311 Å². The normalized spacial score (nSPS) is 12.8. The van der Waals surface area contributed by atoms with Crippen molar-refractivity contribution in [3.63, 3.8) is 0 Å². The number of imidazole rings is 2. The monoisotopic (exact) mass is 1650 g/mol. The molecule has 0 N–H and O–H groups in total. The van der Waals surface area contributed by atoms with Crippen molar-refractivity contribution in [1.29, 1.82) is 0 Å². The number of allylic oxidation sites excluding steroid dienone is 4.